The second-order valence-corrected chi connectivity index (χ2v) is 19.4. The minimum atomic E-state index is -0.0833. The van der Waals surface area contributed by atoms with Gasteiger partial charge in [0, 0.05) is 70.7 Å². The molecule has 0 unspecified atom stereocenters. The number of para-hydroxylation sites is 2. The summed E-state index contributed by atoms with van der Waals surface area (Å²) in [7, 11) is 0. The van der Waals surface area contributed by atoms with Gasteiger partial charge in [0.1, 0.15) is 5.78 Å². The Bertz CT molecular complexity index is 3290. The van der Waals surface area contributed by atoms with Gasteiger partial charge in [0.25, 0.3) is 0 Å². The minimum Gasteiger partial charge on any atom is -0.309 e. The first-order valence-electron chi connectivity index (χ1n) is 19.8. The van der Waals surface area contributed by atoms with Crippen LogP contribution in [0, 0.1) is 3.57 Å². The number of hydrogen-bond acceptors (Lipinski definition) is 3. The van der Waals surface area contributed by atoms with Gasteiger partial charge in [-0.3, -0.25) is 0 Å². The lowest BCUT2D eigenvalue weighted by molar-refractivity contribution is -0.115. The standard InChI is InChI=1S/C24H14BrNS.C13H10.C12H6BrIS.C3H6O/c25-20-9-5-8-18-19-14-15(12-13-23(19)27-24(18)20)26-21-10-3-1-6-16(21)17-7-2-4-11-22(17)26;1-3-7-12-10(5-1)9-11-6-2-4-8-13(11)12;13-10-3-1-2-8-9-6-7(14)4-5-11(9)15-12(8)10;1-3(2)4/h1-14H;1-8H,9H2;1-6H;1-2H3/i;;;1D. The molecule has 11 aromatic rings. The quantitative estimate of drug-likeness (QED) is 0.150. The number of rotatable bonds is 1. The van der Waals surface area contributed by atoms with Gasteiger partial charge in [-0.15, -0.1) is 22.7 Å². The molecule has 0 amide bonds. The first kappa shape index (κ1) is 38.6. The van der Waals surface area contributed by atoms with Crippen molar-refractivity contribution in [2.24, 2.45) is 0 Å². The molecular formula is C52H36Br2INOS2. The van der Waals surface area contributed by atoms with E-state index in [1.54, 1.807) is 0 Å². The third-order valence-corrected chi connectivity index (χ3v) is 15.3. The number of ketones is 1. The van der Waals surface area contributed by atoms with Gasteiger partial charge in [-0.05, 0) is 158 Å². The lowest BCUT2D eigenvalue weighted by Gasteiger charge is -2.08. The molecule has 0 atom stereocenters. The van der Waals surface area contributed by atoms with Crippen LogP contribution >= 0.6 is 77.1 Å². The maximum atomic E-state index is 9.62. The third kappa shape index (κ3) is 7.91. The Kier molecular flexibility index (Phi) is 11.2. The van der Waals surface area contributed by atoms with E-state index in [0.29, 0.717) is 0 Å². The minimum absolute atomic E-state index is 0.0787. The van der Waals surface area contributed by atoms with Crippen molar-refractivity contribution in [2.75, 3.05) is 0 Å². The van der Waals surface area contributed by atoms with Crippen molar-refractivity contribution < 1.29 is 6.17 Å². The molecule has 0 N–H and O–H groups in total. The van der Waals surface area contributed by atoms with E-state index >= 15 is 0 Å². The fourth-order valence-corrected chi connectivity index (χ4v) is 11.8. The Labute approximate surface area is 382 Å². The second-order valence-electron chi connectivity index (χ2n) is 14.3. The Balaban J connectivity index is 0.000000118. The maximum absolute atomic E-state index is 9.62. The molecular weight excluding hydrogens is 1010 g/mol. The van der Waals surface area contributed by atoms with E-state index in [2.05, 4.69) is 229 Å². The Hall–Kier alpha value is -4.64. The highest BCUT2D eigenvalue weighted by Gasteiger charge is 2.16. The van der Waals surface area contributed by atoms with Crippen molar-refractivity contribution in [3.05, 3.63) is 194 Å². The fraction of sp³-hybridized carbons (Fsp3) is 0.0577. The zero-order chi connectivity index (χ0) is 41.3. The summed E-state index contributed by atoms with van der Waals surface area (Å²) >= 11 is 13.4. The van der Waals surface area contributed by atoms with Crippen LogP contribution in [0.1, 0.15) is 26.3 Å². The highest BCUT2D eigenvalue weighted by Crippen LogP contribution is 2.41. The number of fused-ring (bicyclic) bond motifs is 12. The van der Waals surface area contributed by atoms with Gasteiger partial charge in [0.05, 0.1) is 11.0 Å². The van der Waals surface area contributed by atoms with Crippen molar-refractivity contribution in [3.63, 3.8) is 0 Å². The summed E-state index contributed by atoms with van der Waals surface area (Å²) in [4.78, 5) is 9.62. The van der Waals surface area contributed by atoms with E-state index < -0.39 is 0 Å². The van der Waals surface area contributed by atoms with Gasteiger partial charge in [0.2, 0.25) is 0 Å². The Morgan fingerprint density at radius 2 is 1.02 bits per heavy atom. The number of nitrogens with zero attached hydrogens (tertiary/aromatic N) is 1. The molecule has 12 rings (SSSR count). The monoisotopic (exact) mass is 1040 g/mol. The Morgan fingerprint density at radius 1 is 0.559 bits per heavy atom. The van der Waals surface area contributed by atoms with E-state index in [0.717, 1.165) is 6.42 Å². The summed E-state index contributed by atoms with van der Waals surface area (Å²) in [5.74, 6) is -0.0787. The van der Waals surface area contributed by atoms with E-state index in [9.17, 15) is 4.79 Å². The first-order valence-corrected chi connectivity index (χ1v) is 23.4. The first-order chi connectivity index (χ1) is 29.3. The highest BCUT2D eigenvalue weighted by atomic mass is 127. The molecule has 0 radical (unpaired) electrons. The van der Waals surface area contributed by atoms with E-state index in [4.69, 9.17) is 1.37 Å². The van der Waals surface area contributed by atoms with Crippen molar-refractivity contribution in [2.45, 2.75) is 20.2 Å². The molecule has 1 aliphatic rings. The Morgan fingerprint density at radius 3 is 1.56 bits per heavy atom. The fourth-order valence-electron chi connectivity index (χ4n) is 7.91. The van der Waals surface area contributed by atoms with Crippen LogP contribution in [0.5, 0.6) is 0 Å². The van der Waals surface area contributed by atoms with Crippen molar-refractivity contribution in [1.82, 2.24) is 4.57 Å². The molecule has 2 nitrogen and oxygen atoms in total. The number of thiophene rings is 2. The van der Waals surface area contributed by atoms with Gasteiger partial charge >= 0.3 is 0 Å². The average molecular weight is 1040 g/mol. The average Bonchev–Trinajstić information content (AvgIpc) is 4.04. The number of hydrogen-bond donors (Lipinski definition) is 0. The normalized spacial score (nSPS) is 11.7. The molecule has 3 aromatic heterocycles. The smallest absolute Gasteiger partial charge is 0.126 e. The van der Waals surface area contributed by atoms with Crippen LogP contribution in [0.15, 0.2) is 179 Å². The molecule has 3 heterocycles. The molecule has 0 saturated carbocycles. The summed E-state index contributed by atoms with van der Waals surface area (Å²) in [6.07, 6.45) is 1.10. The molecule has 1 aliphatic carbocycles. The molecule has 0 fully saturated rings. The molecule has 7 heteroatoms. The molecule has 288 valence electrons. The van der Waals surface area contributed by atoms with E-state index in [1.165, 1.54) is 110 Å². The largest absolute Gasteiger partial charge is 0.309 e. The van der Waals surface area contributed by atoms with Crippen LogP contribution in [0.2, 0.25) is 0 Å². The van der Waals surface area contributed by atoms with Gasteiger partial charge in [-0.2, -0.15) is 0 Å². The van der Waals surface area contributed by atoms with Crippen LogP contribution < -0.4 is 0 Å². The van der Waals surface area contributed by atoms with Crippen LogP contribution in [0.4, 0.5) is 0 Å². The lowest BCUT2D eigenvalue weighted by atomic mass is 10.1. The number of benzene rings is 8. The second kappa shape index (κ2) is 17.1. The molecule has 8 aromatic carbocycles. The van der Waals surface area contributed by atoms with Crippen LogP contribution in [-0.2, 0) is 11.2 Å². The zero-order valence-corrected chi connectivity index (χ0v) is 38.8. The summed E-state index contributed by atoms with van der Waals surface area (Å²) in [6.45, 7) is 1.31. The number of carbonyl (C=O) groups is 1. The molecule has 59 heavy (non-hydrogen) atoms. The summed E-state index contributed by atoms with van der Waals surface area (Å²) in [5, 5.41) is 7.94. The number of aromatic nitrogens is 1. The van der Waals surface area contributed by atoms with Crippen molar-refractivity contribution in [1.29, 1.82) is 0 Å². The van der Waals surface area contributed by atoms with Gasteiger partial charge in [-0.1, -0.05) is 109 Å². The van der Waals surface area contributed by atoms with Gasteiger partial charge < -0.3 is 9.36 Å². The predicted octanol–water partition coefficient (Wildman–Crippen LogP) is 17.2. The topological polar surface area (TPSA) is 22.0 Å². The maximum Gasteiger partial charge on any atom is 0.126 e. The summed E-state index contributed by atoms with van der Waals surface area (Å²) < 4.78 is 17.7. The molecule has 0 saturated heterocycles. The summed E-state index contributed by atoms with van der Waals surface area (Å²) in [6, 6.07) is 60.9. The SMILES string of the molecule is Brc1cccc2c1sc1ccc(-n3c4ccccc4c4ccccc43)cc12.Brc1cccc2c1sc1ccc(I)cc12.[2H]CC(C)=O.c1ccc2c(c1)Cc1ccccc1-2. The molecule has 0 bridgehead atoms. The van der Waals surface area contributed by atoms with Gasteiger partial charge in [-0.25, -0.2) is 0 Å². The number of halogens is 3. The molecule has 0 spiro atoms. The van der Waals surface area contributed by atoms with Crippen LogP contribution in [0.25, 0.3) is 79.0 Å². The number of carbonyl (C=O) groups excluding carboxylic acids is 1. The predicted molar refractivity (Wildman–Crippen MR) is 272 cm³/mol. The van der Waals surface area contributed by atoms with Crippen LogP contribution in [-0.4, -0.2) is 10.4 Å². The van der Waals surface area contributed by atoms with Crippen molar-refractivity contribution >= 4 is 145 Å². The van der Waals surface area contributed by atoms with Crippen LogP contribution in [0.3, 0.4) is 0 Å². The highest BCUT2D eigenvalue weighted by molar-refractivity contribution is 14.1. The molecule has 0 aliphatic heterocycles. The van der Waals surface area contributed by atoms with E-state index in [-0.39, 0.29) is 12.7 Å². The zero-order valence-electron chi connectivity index (χ0n) is 32.9. The summed E-state index contributed by atoms with van der Waals surface area (Å²) in [5.41, 5.74) is 9.46. The van der Waals surface area contributed by atoms with E-state index in [1.807, 2.05) is 22.7 Å². The van der Waals surface area contributed by atoms with Gasteiger partial charge in [0.15, 0.2) is 0 Å². The third-order valence-electron chi connectivity index (χ3n) is 10.4. The lowest BCUT2D eigenvalue weighted by Crippen LogP contribution is -1.93. The number of Topliss-reactive ketones (excluding diaryl/α,β-unsaturated/α-hetero) is 1. The van der Waals surface area contributed by atoms with Crippen molar-refractivity contribution in [3.8, 4) is 16.8 Å².